The molecule has 0 aliphatic rings. The summed E-state index contributed by atoms with van der Waals surface area (Å²) in [7, 11) is 5.07. The van der Waals surface area contributed by atoms with Crippen LogP contribution in [0, 0.1) is 5.92 Å². The molecule has 0 spiro atoms. The first-order chi connectivity index (χ1) is 22.8. The summed E-state index contributed by atoms with van der Waals surface area (Å²) < 4.78 is 30.9. The maximum atomic E-state index is 11.8. The molecule has 0 radical (unpaired) electrons. The molecule has 0 unspecified atom stereocenters. The molecule has 0 aromatic heterocycles. The second-order valence-electron chi connectivity index (χ2n) is 13.0. The van der Waals surface area contributed by atoms with E-state index in [1.807, 2.05) is 42.5 Å². The van der Waals surface area contributed by atoms with E-state index in [2.05, 4.69) is 74.3 Å². The molecule has 3 rings (SSSR count). The van der Waals surface area contributed by atoms with Crippen molar-refractivity contribution < 1.29 is 24.1 Å². The van der Waals surface area contributed by atoms with Gasteiger partial charge in [-0.2, -0.15) is 0 Å². The molecule has 3 aromatic carbocycles. The van der Waals surface area contributed by atoms with Gasteiger partial charge in [0.1, 0.15) is 0 Å². The van der Waals surface area contributed by atoms with Crippen LogP contribution in [0.1, 0.15) is 82.9 Å². The molecule has 3 atom stereocenters. The van der Waals surface area contributed by atoms with Gasteiger partial charge < -0.3 is 9.47 Å². The molecule has 3 aromatic rings. The standard InChI is InChI=1S/C29H33O5.3C4H9.Sn/c1-6-27(33-5)28(30)21(2)20-34-29(22-10-8-7-9-11-22,23-12-16-25(31-3)17-13-23)24-14-18-26(32-4)19-15-24;3*1-3-4-2;/h1,6-19,21,27-28,30H,20H2,2-5H3;3*1,3-4H2,2H3;/t21-,27+,28+;;;;/m0..../s1. The van der Waals surface area contributed by atoms with Crippen molar-refractivity contribution in [2.45, 2.75) is 97.3 Å². The van der Waals surface area contributed by atoms with Crippen molar-refractivity contribution in [3.63, 3.8) is 0 Å². The molecule has 5 nitrogen and oxygen atoms in total. The van der Waals surface area contributed by atoms with E-state index < -0.39 is 30.1 Å². The zero-order chi connectivity index (χ0) is 34.1. The van der Waals surface area contributed by atoms with Crippen LogP contribution in [0.2, 0.25) is 13.3 Å². The Bertz CT molecular complexity index is 1220. The number of ether oxygens (including phenoxy) is 4. The molecular formula is C41H60O5Sn. The van der Waals surface area contributed by atoms with Crippen molar-refractivity contribution in [1.29, 1.82) is 0 Å². The molecule has 0 aliphatic carbocycles. The van der Waals surface area contributed by atoms with Crippen LogP contribution in [0.25, 0.3) is 0 Å². The molecule has 0 fully saturated rings. The van der Waals surface area contributed by atoms with E-state index in [0.717, 1.165) is 28.2 Å². The van der Waals surface area contributed by atoms with Crippen molar-refractivity contribution in [1.82, 2.24) is 0 Å². The molecule has 0 heterocycles. The van der Waals surface area contributed by atoms with Gasteiger partial charge in [-0.3, -0.25) is 0 Å². The van der Waals surface area contributed by atoms with Gasteiger partial charge in [0.15, 0.2) is 0 Å². The molecule has 0 amide bonds. The summed E-state index contributed by atoms with van der Waals surface area (Å²) in [5.74, 6) is 1.36. The third kappa shape index (κ3) is 10.6. The van der Waals surface area contributed by atoms with Crippen LogP contribution in [0.15, 0.2) is 89.0 Å². The van der Waals surface area contributed by atoms with E-state index >= 15 is 0 Å². The number of aliphatic hydroxyl groups is 1. The molecule has 258 valence electrons. The summed E-state index contributed by atoms with van der Waals surface area (Å²) >= 11 is -2.55. The number of hydrogen-bond acceptors (Lipinski definition) is 5. The molecule has 6 heteroatoms. The Kier molecular flexibility index (Phi) is 16.9. The van der Waals surface area contributed by atoms with Crippen LogP contribution in [0.5, 0.6) is 11.5 Å². The molecule has 0 saturated heterocycles. The van der Waals surface area contributed by atoms with Crippen LogP contribution in [-0.4, -0.2) is 63.6 Å². The first kappa shape index (κ1) is 39.1. The average molecular weight is 752 g/mol. The summed E-state index contributed by atoms with van der Waals surface area (Å²) in [5.41, 5.74) is 2.02. The van der Waals surface area contributed by atoms with Crippen molar-refractivity contribution in [3.05, 3.63) is 106 Å². The zero-order valence-electron chi connectivity index (χ0n) is 30.0. The fraction of sp³-hybridized carbons (Fsp3) is 0.512. The topological polar surface area (TPSA) is 57.2 Å². The molecular weight excluding hydrogens is 691 g/mol. The van der Waals surface area contributed by atoms with Gasteiger partial charge in [-0.05, 0) is 0 Å². The Morgan fingerprint density at radius 1 is 0.681 bits per heavy atom. The predicted molar refractivity (Wildman–Crippen MR) is 198 cm³/mol. The van der Waals surface area contributed by atoms with E-state index in [-0.39, 0.29) is 12.0 Å². The van der Waals surface area contributed by atoms with Crippen molar-refractivity contribution >= 4 is 18.4 Å². The Balaban J connectivity index is 1.98. The summed E-state index contributed by atoms with van der Waals surface area (Å²) in [6.07, 6.45) is 8.74. The first-order valence-corrected chi connectivity index (χ1v) is 25.4. The number of hydrogen-bond donors (Lipinski definition) is 1. The monoisotopic (exact) mass is 752 g/mol. The second kappa shape index (κ2) is 20.3. The number of rotatable bonds is 22. The third-order valence-corrected chi connectivity index (χ3v) is 23.8. The van der Waals surface area contributed by atoms with Gasteiger partial charge in [-0.25, -0.2) is 0 Å². The second-order valence-corrected chi connectivity index (χ2v) is 26.0. The van der Waals surface area contributed by atoms with Crippen LogP contribution >= 0.6 is 0 Å². The first-order valence-electron chi connectivity index (χ1n) is 17.7. The third-order valence-electron chi connectivity index (χ3n) is 9.65. The minimum atomic E-state index is -2.55. The Morgan fingerprint density at radius 3 is 1.53 bits per heavy atom. The number of aliphatic hydroxyl groups excluding tert-OH is 1. The van der Waals surface area contributed by atoms with Gasteiger partial charge >= 0.3 is 267 Å². The number of methoxy groups -OCH3 is 3. The van der Waals surface area contributed by atoms with Crippen molar-refractivity contribution in [3.8, 4) is 11.5 Å². The van der Waals surface area contributed by atoms with E-state index in [1.165, 1.54) is 51.8 Å². The van der Waals surface area contributed by atoms with Crippen LogP contribution in [0.4, 0.5) is 0 Å². The summed E-state index contributed by atoms with van der Waals surface area (Å²) in [6.45, 7) is 9.28. The maximum absolute atomic E-state index is 11.8. The fourth-order valence-electron chi connectivity index (χ4n) is 6.60. The number of unbranched alkanes of at least 4 members (excludes halogenated alkanes) is 3. The van der Waals surface area contributed by atoms with Crippen LogP contribution in [-0.2, 0) is 15.1 Å². The normalized spacial score (nSPS) is 14.2. The van der Waals surface area contributed by atoms with E-state index in [4.69, 9.17) is 18.9 Å². The average Bonchev–Trinajstić information content (AvgIpc) is 3.13. The predicted octanol–water partition coefficient (Wildman–Crippen LogP) is 9.97. The van der Waals surface area contributed by atoms with Gasteiger partial charge in [-0.15, -0.1) is 0 Å². The van der Waals surface area contributed by atoms with Crippen molar-refractivity contribution in [2.24, 2.45) is 5.92 Å². The van der Waals surface area contributed by atoms with E-state index in [1.54, 1.807) is 21.3 Å². The Labute approximate surface area is 289 Å². The fourth-order valence-corrected chi connectivity index (χ4v) is 20.9. The quantitative estimate of drug-likeness (QED) is 0.0819. The minimum absolute atomic E-state index is 0.198. The SMILES string of the molecule is CCC[CH2][Sn](/[CH]=C/[C@@H](OC)[C@H](O)[C@@H](C)COC(c1ccccc1)(c1ccc(OC)cc1)c1ccc(OC)cc1)([CH2]CCC)[CH2]CCC. The molecule has 1 N–H and O–H groups in total. The summed E-state index contributed by atoms with van der Waals surface area (Å²) in [5, 5.41) is 11.8. The molecule has 0 saturated carbocycles. The van der Waals surface area contributed by atoms with E-state index in [9.17, 15) is 5.11 Å². The van der Waals surface area contributed by atoms with Gasteiger partial charge in [0.25, 0.3) is 0 Å². The summed E-state index contributed by atoms with van der Waals surface area (Å²) in [4.78, 5) is 0. The van der Waals surface area contributed by atoms with Gasteiger partial charge in [0.05, 0.1) is 14.2 Å². The van der Waals surface area contributed by atoms with Crippen LogP contribution in [0.3, 0.4) is 0 Å². The zero-order valence-corrected chi connectivity index (χ0v) is 32.9. The Morgan fingerprint density at radius 2 is 1.13 bits per heavy atom. The van der Waals surface area contributed by atoms with Crippen LogP contribution < -0.4 is 9.47 Å². The molecule has 0 bridgehead atoms. The Hall–Kier alpha value is -2.32. The van der Waals surface area contributed by atoms with E-state index in [0.29, 0.717) is 6.61 Å². The van der Waals surface area contributed by atoms with Gasteiger partial charge in [0.2, 0.25) is 0 Å². The summed E-state index contributed by atoms with van der Waals surface area (Å²) in [6, 6.07) is 26.4. The van der Waals surface area contributed by atoms with Gasteiger partial charge in [0, 0.05) is 0 Å². The van der Waals surface area contributed by atoms with Crippen molar-refractivity contribution in [2.75, 3.05) is 27.9 Å². The molecule has 47 heavy (non-hydrogen) atoms. The van der Waals surface area contributed by atoms with Gasteiger partial charge in [-0.1, -0.05) is 0 Å². The number of benzene rings is 3. The molecule has 0 aliphatic heterocycles.